The summed E-state index contributed by atoms with van der Waals surface area (Å²) in [5.74, 6) is -0.757. The molecule has 186 valence electrons. The highest BCUT2D eigenvalue weighted by atomic mass is 32.2. The molecule has 1 unspecified atom stereocenters. The van der Waals surface area contributed by atoms with Crippen molar-refractivity contribution in [2.75, 3.05) is 6.54 Å². The Morgan fingerprint density at radius 1 is 1.23 bits per heavy atom. The highest BCUT2D eigenvalue weighted by Crippen LogP contribution is 2.30. The summed E-state index contributed by atoms with van der Waals surface area (Å²) in [6, 6.07) is 8.68. The maximum atomic E-state index is 13.5. The number of ether oxygens (including phenoxy) is 1. The molecule has 1 aliphatic rings. The Kier molecular flexibility index (Phi) is 6.72. The average molecular weight is 509 g/mol. The van der Waals surface area contributed by atoms with Crippen molar-refractivity contribution in [3.05, 3.63) is 60.6 Å². The van der Waals surface area contributed by atoms with Crippen molar-refractivity contribution in [3.63, 3.8) is 0 Å². The second-order valence-electron chi connectivity index (χ2n) is 8.02. The maximum Gasteiger partial charge on any atom is 0.408 e. The van der Waals surface area contributed by atoms with E-state index in [1.54, 1.807) is 31.2 Å². The minimum Gasteiger partial charge on any atom is -0.465 e. The summed E-state index contributed by atoms with van der Waals surface area (Å²) in [5.41, 5.74) is 0.559. The van der Waals surface area contributed by atoms with Crippen LogP contribution >= 0.6 is 0 Å². The molecular weight excluding hydrogens is 486 g/mol. The van der Waals surface area contributed by atoms with Gasteiger partial charge in [0.25, 0.3) is 10.0 Å². The monoisotopic (exact) mass is 508 g/mol. The molecule has 0 saturated carbocycles. The van der Waals surface area contributed by atoms with Gasteiger partial charge in [-0.15, -0.1) is 0 Å². The van der Waals surface area contributed by atoms with Crippen molar-refractivity contribution < 1.29 is 36.6 Å². The summed E-state index contributed by atoms with van der Waals surface area (Å²) >= 11 is 0. The maximum absolute atomic E-state index is 13.5. The van der Waals surface area contributed by atoms with Crippen LogP contribution in [-0.4, -0.2) is 64.7 Å². The van der Waals surface area contributed by atoms with Gasteiger partial charge in [0, 0.05) is 24.2 Å². The number of carboxylic acid groups (broad SMARTS) is 1. The zero-order valence-electron chi connectivity index (χ0n) is 18.4. The average Bonchev–Trinajstić information content (AvgIpc) is 3.41. The SMILES string of the molecule is CC(NC(=O)[C@@H]1C[C@@H](OC(F)F)CN1C(=O)O)c1cc2cnccc2n1S(=O)(=O)c1ccccc1. The number of likely N-dealkylation sites (tertiary alicyclic amines) is 1. The second kappa shape index (κ2) is 9.58. The Bertz CT molecular complexity index is 1350. The van der Waals surface area contributed by atoms with Crippen LogP contribution in [-0.2, 0) is 19.6 Å². The number of nitrogens with zero attached hydrogens (tertiary/aromatic N) is 3. The number of amides is 2. The number of aromatic nitrogens is 2. The third kappa shape index (κ3) is 4.82. The lowest BCUT2D eigenvalue weighted by Crippen LogP contribution is -2.46. The summed E-state index contributed by atoms with van der Waals surface area (Å²) in [7, 11) is -4.07. The van der Waals surface area contributed by atoms with E-state index in [0.29, 0.717) is 10.9 Å². The summed E-state index contributed by atoms with van der Waals surface area (Å²) in [5, 5.41) is 12.6. The number of halogens is 2. The molecule has 1 aromatic carbocycles. The van der Waals surface area contributed by atoms with Gasteiger partial charge in [0.2, 0.25) is 5.91 Å². The van der Waals surface area contributed by atoms with Gasteiger partial charge < -0.3 is 15.2 Å². The van der Waals surface area contributed by atoms with Crippen LogP contribution in [0.15, 0.2) is 59.8 Å². The Hall–Kier alpha value is -3.58. The fourth-order valence-corrected chi connectivity index (χ4v) is 5.83. The lowest BCUT2D eigenvalue weighted by molar-refractivity contribution is -0.158. The van der Waals surface area contributed by atoms with Gasteiger partial charge in [-0.2, -0.15) is 8.78 Å². The molecule has 0 bridgehead atoms. The summed E-state index contributed by atoms with van der Waals surface area (Å²) in [6.45, 7) is -1.95. The van der Waals surface area contributed by atoms with Crippen molar-refractivity contribution in [3.8, 4) is 0 Å². The topological polar surface area (TPSA) is 131 Å². The Balaban J connectivity index is 1.67. The third-order valence-corrected chi connectivity index (χ3v) is 7.53. The largest absolute Gasteiger partial charge is 0.465 e. The molecule has 0 spiro atoms. The first-order valence-electron chi connectivity index (χ1n) is 10.6. The Morgan fingerprint density at radius 2 is 1.94 bits per heavy atom. The molecular formula is C22H22F2N4O6S. The number of fused-ring (bicyclic) bond motifs is 1. The van der Waals surface area contributed by atoms with Gasteiger partial charge in [0.05, 0.1) is 34.8 Å². The summed E-state index contributed by atoms with van der Waals surface area (Å²) in [6.07, 6.45) is 0.0707. The number of benzene rings is 1. The quantitative estimate of drug-likeness (QED) is 0.502. The molecule has 0 radical (unpaired) electrons. The van der Waals surface area contributed by atoms with Crippen molar-refractivity contribution in [2.24, 2.45) is 0 Å². The van der Waals surface area contributed by atoms with Gasteiger partial charge in [-0.1, -0.05) is 18.2 Å². The van der Waals surface area contributed by atoms with Gasteiger partial charge in [-0.25, -0.2) is 17.2 Å². The molecule has 4 rings (SSSR count). The van der Waals surface area contributed by atoms with Crippen LogP contribution in [0, 0.1) is 0 Å². The van der Waals surface area contributed by atoms with Crippen LogP contribution in [0.2, 0.25) is 0 Å². The Labute approximate surface area is 199 Å². The van der Waals surface area contributed by atoms with Crippen LogP contribution in [0.1, 0.15) is 25.1 Å². The Morgan fingerprint density at radius 3 is 2.60 bits per heavy atom. The first-order chi connectivity index (χ1) is 16.6. The summed E-state index contributed by atoms with van der Waals surface area (Å²) in [4.78, 5) is 29.4. The van der Waals surface area contributed by atoms with E-state index in [0.717, 1.165) is 8.87 Å². The van der Waals surface area contributed by atoms with Gasteiger partial charge in [-0.3, -0.25) is 14.7 Å². The number of nitrogens with one attached hydrogen (secondary N) is 1. The number of hydrogen-bond acceptors (Lipinski definition) is 6. The van der Waals surface area contributed by atoms with E-state index >= 15 is 0 Å². The molecule has 13 heteroatoms. The number of pyridine rings is 1. The zero-order valence-corrected chi connectivity index (χ0v) is 19.2. The van der Waals surface area contributed by atoms with E-state index in [-0.39, 0.29) is 23.6 Å². The highest BCUT2D eigenvalue weighted by molar-refractivity contribution is 7.90. The molecule has 2 amide bonds. The van der Waals surface area contributed by atoms with Crippen molar-refractivity contribution in [2.45, 2.75) is 43.0 Å². The van der Waals surface area contributed by atoms with Gasteiger partial charge >= 0.3 is 12.7 Å². The van der Waals surface area contributed by atoms with Crippen LogP contribution in [0.3, 0.4) is 0 Å². The number of hydrogen-bond donors (Lipinski definition) is 2. The number of carbonyl (C=O) groups is 2. The normalized spacial score (nSPS) is 19.3. The predicted molar refractivity (Wildman–Crippen MR) is 119 cm³/mol. The summed E-state index contributed by atoms with van der Waals surface area (Å²) < 4.78 is 57.8. The first-order valence-corrected chi connectivity index (χ1v) is 12.0. The number of carbonyl (C=O) groups excluding carboxylic acids is 1. The molecule has 1 fully saturated rings. The van der Waals surface area contributed by atoms with E-state index in [1.807, 2.05) is 0 Å². The van der Waals surface area contributed by atoms with Crippen molar-refractivity contribution in [1.29, 1.82) is 0 Å². The molecule has 3 heterocycles. The highest BCUT2D eigenvalue weighted by Gasteiger charge is 2.42. The number of rotatable bonds is 7. The third-order valence-electron chi connectivity index (χ3n) is 5.77. The zero-order chi connectivity index (χ0) is 25.3. The van der Waals surface area contributed by atoms with E-state index in [4.69, 9.17) is 0 Å². The fraction of sp³-hybridized carbons (Fsp3) is 0.318. The first kappa shape index (κ1) is 24.5. The van der Waals surface area contributed by atoms with Crippen LogP contribution in [0.25, 0.3) is 10.9 Å². The van der Waals surface area contributed by atoms with Crippen LogP contribution in [0.5, 0.6) is 0 Å². The molecule has 1 saturated heterocycles. The molecule has 2 N–H and O–H groups in total. The van der Waals surface area contributed by atoms with Gasteiger partial charge in [0.15, 0.2) is 0 Å². The number of alkyl halides is 2. The van der Waals surface area contributed by atoms with Gasteiger partial charge in [0.1, 0.15) is 6.04 Å². The van der Waals surface area contributed by atoms with Crippen LogP contribution in [0.4, 0.5) is 13.6 Å². The molecule has 1 aliphatic heterocycles. The van der Waals surface area contributed by atoms with E-state index in [1.165, 1.54) is 30.6 Å². The predicted octanol–water partition coefficient (Wildman–Crippen LogP) is 2.81. The standard InChI is InChI=1S/C22H22F2N4O6S/c1-13(26-20(29)19-10-15(34-21(23)24)12-27(19)22(30)31)18-9-14-11-25-8-7-17(14)28(18)35(32,33)16-5-3-2-4-6-16/h2-9,11,13,15,19,21H,10,12H2,1H3,(H,26,29)(H,30,31)/t13?,15-,19+/m1/s1. The molecule has 2 aromatic heterocycles. The second-order valence-corrected chi connectivity index (χ2v) is 9.81. The van der Waals surface area contributed by atoms with E-state index in [2.05, 4.69) is 15.0 Å². The van der Waals surface area contributed by atoms with E-state index in [9.17, 15) is 31.9 Å². The molecule has 0 aliphatic carbocycles. The minimum absolute atomic E-state index is 0.0360. The van der Waals surface area contributed by atoms with Crippen LogP contribution < -0.4 is 5.32 Å². The van der Waals surface area contributed by atoms with Gasteiger partial charge in [-0.05, 0) is 31.2 Å². The minimum atomic E-state index is -4.07. The molecule has 10 nitrogen and oxygen atoms in total. The lowest BCUT2D eigenvalue weighted by Gasteiger charge is -2.23. The lowest BCUT2D eigenvalue weighted by atomic mass is 10.1. The van der Waals surface area contributed by atoms with Crippen molar-refractivity contribution >= 4 is 32.9 Å². The smallest absolute Gasteiger partial charge is 0.408 e. The fourth-order valence-electron chi connectivity index (χ4n) is 4.20. The van der Waals surface area contributed by atoms with Crippen molar-refractivity contribution in [1.82, 2.24) is 19.2 Å². The molecule has 35 heavy (non-hydrogen) atoms. The molecule has 3 atom stereocenters. The van der Waals surface area contributed by atoms with E-state index < -0.39 is 46.8 Å². The molecule has 3 aromatic rings.